The molecule has 9 heteroatoms. The molecule has 3 N–H and O–H groups in total. The van der Waals surface area contributed by atoms with Crippen molar-refractivity contribution in [2.24, 2.45) is 0 Å². The number of aromatic nitrogens is 4. The summed E-state index contributed by atoms with van der Waals surface area (Å²) in [6.07, 6.45) is 1.61. The molecule has 1 aliphatic rings. The molecule has 0 saturated carbocycles. The third kappa shape index (κ3) is 4.04. The van der Waals surface area contributed by atoms with E-state index in [-0.39, 0.29) is 11.7 Å². The number of amides is 1. The summed E-state index contributed by atoms with van der Waals surface area (Å²) in [5.41, 5.74) is 2.67. The monoisotopic (exact) mass is 458 g/mol. The van der Waals surface area contributed by atoms with Gasteiger partial charge in [0, 0.05) is 22.5 Å². The summed E-state index contributed by atoms with van der Waals surface area (Å²) in [4.78, 5) is 22.2. The van der Waals surface area contributed by atoms with Crippen LogP contribution in [0.1, 0.15) is 18.5 Å². The molecule has 0 saturated heterocycles. The van der Waals surface area contributed by atoms with E-state index in [0.717, 1.165) is 11.1 Å². The fourth-order valence-corrected chi connectivity index (χ4v) is 3.88. The van der Waals surface area contributed by atoms with Crippen molar-refractivity contribution >= 4 is 29.3 Å². The number of carbonyl (C=O) groups is 1. The van der Waals surface area contributed by atoms with Crippen LogP contribution in [-0.2, 0) is 4.79 Å². The molecule has 2 aromatic heterocycles. The quantitative estimate of drug-likeness (QED) is 0.412. The number of pyridine rings is 1. The number of benzene rings is 2. The second-order valence-electron chi connectivity index (χ2n) is 7.54. The van der Waals surface area contributed by atoms with E-state index in [1.54, 1.807) is 65.5 Å². The third-order valence-corrected chi connectivity index (χ3v) is 5.57. The number of fused-ring (bicyclic) bond motifs is 1. The molecule has 1 atom stereocenters. The van der Waals surface area contributed by atoms with Gasteiger partial charge < -0.3 is 15.7 Å². The molecule has 0 radical (unpaired) electrons. The van der Waals surface area contributed by atoms with Crippen LogP contribution in [0.15, 0.2) is 84.2 Å². The van der Waals surface area contributed by atoms with Crippen molar-refractivity contribution in [3.8, 4) is 17.1 Å². The molecular weight excluding hydrogens is 440 g/mol. The first-order chi connectivity index (χ1) is 16.0. The Balaban J connectivity index is 1.60. The first-order valence-electron chi connectivity index (χ1n) is 10.2. The number of phenols is 1. The Hall–Kier alpha value is -4.17. The van der Waals surface area contributed by atoms with Gasteiger partial charge in [0.05, 0.1) is 5.57 Å². The van der Waals surface area contributed by atoms with Crippen molar-refractivity contribution in [3.63, 3.8) is 0 Å². The van der Waals surface area contributed by atoms with Crippen molar-refractivity contribution < 1.29 is 9.90 Å². The van der Waals surface area contributed by atoms with Gasteiger partial charge in [-0.3, -0.25) is 4.79 Å². The second kappa shape index (κ2) is 8.40. The number of anilines is 2. The lowest BCUT2D eigenvalue weighted by Crippen LogP contribution is -2.31. The summed E-state index contributed by atoms with van der Waals surface area (Å²) in [7, 11) is 0. The highest BCUT2D eigenvalue weighted by Crippen LogP contribution is 2.37. The molecule has 0 fully saturated rings. The van der Waals surface area contributed by atoms with Gasteiger partial charge in [0.25, 0.3) is 5.91 Å². The largest absolute Gasteiger partial charge is 0.508 e. The van der Waals surface area contributed by atoms with Gasteiger partial charge in [-0.2, -0.15) is 4.98 Å². The fourth-order valence-electron chi connectivity index (χ4n) is 3.75. The molecule has 0 aliphatic carbocycles. The average Bonchev–Trinajstić information content (AvgIpc) is 3.23. The smallest absolute Gasteiger partial charge is 0.257 e. The fraction of sp³-hybridized carbons (Fsp3) is 0.0833. The molecule has 1 aliphatic heterocycles. The SMILES string of the molecule is CC1=C(C(=O)Nc2ccccn2)C(c2ccc(O)cc2)n2nc(-c3ccc(Cl)cc3)nc2N1. The lowest BCUT2D eigenvalue weighted by atomic mass is 9.95. The number of phenolic OH excluding ortho intramolecular Hbond substituents is 1. The number of nitrogens with one attached hydrogen (secondary N) is 2. The molecule has 3 heterocycles. The summed E-state index contributed by atoms with van der Waals surface area (Å²) in [6.45, 7) is 1.82. The van der Waals surface area contributed by atoms with Gasteiger partial charge in [0.2, 0.25) is 5.95 Å². The van der Waals surface area contributed by atoms with Crippen molar-refractivity contribution in [1.82, 2.24) is 19.7 Å². The minimum Gasteiger partial charge on any atom is -0.508 e. The average molecular weight is 459 g/mol. The van der Waals surface area contributed by atoms with E-state index >= 15 is 0 Å². The molecule has 5 rings (SSSR count). The highest BCUT2D eigenvalue weighted by Gasteiger charge is 2.34. The number of carbonyl (C=O) groups excluding carboxylic acids is 1. The van der Waals surface area contributed by atoms with Crippen LogP contribution >= 0.6 is 11.6 Å². The zero-order valence-corrected chi connectivity index (χ0v) is 18.3. The maximum atomic E-state index is 13.4. The van der Waals surface area contributed by atoms with E-state index in [9.17, 15) is 9.90 Å². The summed E-state index contributed by atoms with van der Waals surface area (Å²) in [6, 6.07) is 18.7. The lowest BCUT2D eigenvalue weighted by Gasteiger charge is -2.28. The number of aromatic hydroxyl groups is 1. The summed E-state index contributed by atoms with van der Waals surface area (Å²) in [5, 5.41) is 21.2. The van der Waals surface area contributed by atoms with Gasteiger partial charge in [-0.05, 0) is 61.0 Å². The van der Waals surface area contributed by atoms with Crippen LogP contribution < -0.4 is 10.6 Å². The Kier molecular flexibility index (Phi) is 5.27. The molecule has 0 bridgehead atoms. The second-order valence-corrected chi connectivity index (χ2v) is 7.97. The number of nitrogens with zero attached hydrogens (tertiary/aromatic N) is 4. The molecule has 1 unspecified atom stereocenters. The Morgan fingerprint density at radius 2 is 1.85 bits per heavy atom. The topological polar surface area (TPSA) is 105 Å². The number of halogens is 1. The van der Waals surface area contributed by atoms with Gasteiger partial charge in [-0.15, -0.1) is 5.10 Å². The molecule has 4 aromatic rings. The van der Waals surface area contributed by atoms with E-state index in [1.807, 2.05) is 19.1 Å². The Morgan fingerprint density at radius 3 is 2.55 bits per heavy atom. The van der Waals surface area contributed by atoms with Gasteiger partial charge in [0.1, 0.15) is 17.6 Å². The zero-order chi connectivity index (χ0) is 22.9. The van der Waals surface area contributed by atoms with Crippen LogP contribution in [0.5, 0.6) is 5.75 Å². The van der Waals surface area contributed by atoms with E-state index in [1.165, 1.54) is 0 Å². The van der Waals surface area contributed by atoms with Crippen molar-refractivity contribution in [1.29, 1.82) is 0 Å². The molecule has 33 heavy (non-hydrogen) atoms. The number of rotatable bonds is 4. The first-order valence-corrected chi connectivity index (χ1v) is 10.6. The number of hydrogen-bond acceptors (Lipinski definition) is 6. The van der Waals surface area contributed by atoms with Crippen molar-refractivity contribution in [2.45, 2.75) is 13.0 Å². The highest BCUT2D eigenvalue weighted by molar-refractivity contribution is 6.30. The summed E-state index contributed by atoms with van der Waals surface area (Å²) in [5.74, 6) is 1.26. The minimum atomic E-state index is -0.570. The Morgan fingerprint density at radius 1 is 1.09 bits per heavy atom. The lowest BCUT2D eigenvalue weighted by molar-refractivity contribution is -0.113. The molecule has 164 valence electrons. The van der Waals surface area contributed by atoms with Crippen molar-refractivity contribution in [3.05, 3.63) is 94.8 Å². The molecule has 8 nitrogen and oxygen atoms in total. The van der Waals surface area contributed by atoms with Crippen LogP contribution in [0.2, 0.25) is 5.02 Å². The standard InChI is InChI=1S/C24H19ClN6O2/c1-14-20(23(33)28-19-4-2-3-13-26-19)21(15-7-11-18(32)12-8-15)31-24(27-14)29-22(30-31)16-5-9-17(25)10-6-16/h2-13,21,32H,1H3,(H,26,28,33)(H,27,29,30). The number of allylic oxidation sites excluding steroid dienone is 1. The van der Waals surface area contributed by atoms with E-state index in [4.69, 9.17) is 16.7 Å². The summed E-state index contributed by atoms with van der Waals surface area (Å²) < 4.78 is 1.68. The van der Waals surface area contributed by atoms with Crippen LogP contribution in [-0.4, -0.2) is 30.8 Å². The number of hydrogen-bond donors (Lipinski definition) is 3. The van der Waals surface area contributed by atoms with Gasteiger partial charge in [-0.1, -0.05) is 29.8 Å². The van der Waals surface area contributed by atoms with E-state index in [0.29, 0.717) is 33.9 Å². The predicted molar refractivity (Wildman–Crippen MR) is 126 cm³/mol. The summed E-state index contributed by atoms with van der Waals surface area (Å²) >= 11 is 6.02. The third-order valence-electron chi connectivity index (χ3n) is 5.31. The van der Waals surface area contributed by atoms with Crippen LogP contribution in [0, 0.1) is 0 Å². The zero-order valence-electron chi connectivity index (χ0n) is 17.5. The minimum absolute atomic E-state index is 0.133. The van der Waals surface area contributed by atoms with Gasteiger partial charge >= 0.3 is 0 Å². The van der Waals surface area contributed by atoms with Crippen LogP contribution in [0.3, 0.4) is 0 Å². The highest BCUT2D eigenvalue weighted by atomic mass is 35.5. The van der Waals surface area contributed by atoms with E-state index < -0.39 is 6.04 Å². The molecule has 1 amide bonds. The normalized spacial score (nSPS) is 15.0. The van der Waals surface area contributed by atoms with Gasteiger partial charge in [0.15, 0.2) is 5.82 Å². The van der Waals surface area contributed by atoms with Crippen molar-refractivity contribution in [2.75, 3.05) is 10.6 Å². The van der Waals surface area contributed by atoms with Crippen LogP contribution in [0.4, 0.5) is 11.8 Å². The van der Waals surface area contributed by atoms with Gasteiger partial charge in [-0.25, -0.2) is 9.67 Å². The maximum absolute atomic E-state index is 13.4. The Labute approximate surface area is 194 Å². The Bertz CT molecular complexity index is 1350. The predicted octanol–water partition coefficient (Wildman–Crippen LogP) is 4.63. The molecule has 2 aromatic carbocycles. The van der Waals surface area contributed by atoms with Crippen LogP contribution in [0.25, 0.3) is 11.4 Å². The maximum Gasteiger partial charge on any atom is 0.257 e. The molecule has 0 spiro atoms. The molecular formula is C24H19ClN6O2. The van der Waals surface area contributed by atoms with E-state index in [2.05, 4.69) is 20.6 Å². The first kappa shape index (κ1) is 20.7.